The second kappa shape index (κ2) is 8.68. The summed E-state index contributed by atoms with van der Waals surface area (Å²) in [6.45, 7) is 9.62. The molecule has 2 aromatic carbocycles. The van der Waals surface area contributed by atoms with Crippen LogP contribution in [-0.4, -0.2) is 60.6 Å². The molecule has 1 saturated heterocycles. The number of phenols is 1. The highest BCUT2D eigenvalue weighted by molar-refractivity contribution is 5.79. The number of nitrogens with zero attached hydrogens (tertiary/aromatic N) is 3. The number of likely N-dealkylation sites (N-methyl/N-ethyl adjacent to an activating group) is 1. The molecule has 0 aromatic heterocycles. The minimum atomic E-state index is 0.158. The molecular weight excluding hydrogens is 374 g/mol. The Hall–Kier alpha value is -2.53. The number of amides is 1. The predicted octanol–water partition coefficient (Wildman–Crippen LogP) is 3.39. The molecule has 4 rings (SSSR count). The smallest absolute Gasteiger partial charge is 0.227 e. The number of piperazine rings is 1. The Morgan fingerprint density at radius 2 is 1.67 bits per heavy atom. The van der Waals surface area contributed by atoms with Gasteiger partial charge in [0, 0.05) is 56.1 Å². The van der Waals surface area contributed by atoms with Crippen LogP contribution in [0.3, 0.4) is 0 Å². The van der Waals surface area contributed by atoms with E-state index in [0.29, 0.717) is 37.6 Å². The van der Waals surface area contributed by atoms with E-state index in [9.17, 15) is 9.90 Å². The summed E-state index contributed by atoms with van der Waals surface area (Å²) in [7, 11) is 2.15. The van der Waals surface area contributed by atoms with Gasteiger partial charge in [-0.3, -0.25) is 4.79 Å². The summed E-state index contributed by atoms with van der Waals surface area (Å²) in [4.78, 5) is 19.7. The van der Waals surface area contributed by atoms with Crippen molar-refractivity contribution in [3.8, 4) is 5.75 Å². The van der Waals surface area contributed by atoms with E-state index in [2.05, 4.69) is 55.0 Å². The zero-order chi connectivity index (χ0) is 21.3. The molecule has 0 aliphatic carbocycles. The Morgan fingerprint density at radius 3 is 2.33 bits per heavy atom. The molecule has 0 bridgehead atoms. The number of aromatic hydroxyl groups is 1. The van der Waals surface area contributed by atoms with Gasteiger partial charge in [-0.15, -0.1) is 0 Å². The molecule has 1 fully saturated rings. The van der Waals surface area contributed by atoms with Gasteiger partial charge in [0.1, 0.15) is 5.75 Å². The van der Waals surface area contributed by atoms with Crippen molar-refractivity contribution in [1.29, 1.82) is 0 Å². The van der Waals surface area contributed by atoms with Crippen molar-refractivity contribution in [2.45, 2.75) is 39.2 Å². The van der Waals surface area contributed by atoms with Crippen molar-refractivity contribution in [2.24, 2.45) is 0 Å². The van der Waals surface area contributed by atoms with Gasteiger partial charge in [-0.1, -0.05) is 38.1 Å². The summed E-state index contributed by atoms with van der Waals surface area (Å²) < 4.78 is 0. The third kappa shape index (κ3) is 4.31. The molecule has 5 nitrogen and oxygen atoms in total. The van der Waals surface area contributed by atoms with Gasteiger partial charge in [-0.05, 0) is 42.6 Å². The Labute approximate surface area is 179 Å². The zero-order valence-corrected chi connectivity index (χ0v) is 18.4. The minimum absolute atomic E-state index is 0.158. The molecule has 160 valence electrons. The van der Waals surface area contributed by atoms with Crippen LogP contribution in [0, 0.1) is 0 Å². The summed E-state index contributed by atoms with van der Waals surface area (Å²) in [5.74, 6) is 1.01. The number of anilines is 1. The lowest BCUT2D eigenvalue weighted by atomic mass is 9.95. The number of hydrogen-bond donors (Lipinski definition) is 1. The number of benzene rings is 2. The number of rotatable bonds is 4. The van der Waals surface area contributed by atoms with Crippen LogP contribution in [0.15, 0.2) is 36.4 Å². The van der Waals surface area contributed by atoms with Crippen LogP contribution in [0.1, 0.15) is 42.0 Å². The van der Waals surface area contributed by atoms with Gasteiger partial charge in [0.15, 0.2) is 0 Å². The van der Waals surface area contributed by atoms with Crippen LogP contribution in [0.25, 0.3) is 0 Å². The van der Waals surface area contributed by atoms with E-state index in [4.69, 9.17) is 0 Å². The molecule has 0 saturated carbocycles. The maximum absolute atomic E-state index is 13.1. The summed E-state index contributed by atoms with van der Waals surface area (Å²) in [5, 5.41) is 10.4. The molecule has 0 radical (unpaired) electrons. The topological polar surface area (TPSA) is 47.0 Å². The Balaban J connectivity index is 1.50. The quantitative estimate of drug-likeness (QED) is 0.844. The van der Waals surface area contributed by atoms with Gasteiger partial charge in [0.2, 0.25) is 5.91 Å². The van der Waals surface area contributed by atoms with Crippen LogP contribution in [0.4, 0.5) is 5.69 Å². The largest absolute Gasteiger partial charge is 0.508 e. The fraction of sp³-hybridized carbons (Fsp3) is 0.480. The zero-order valence-electron chi connectivity index (χ0n) is 18.4. The maximum atomic E-state index is 13.1. The summed E-state index contributed by atoms with van der Waals surface area (Å²) >= 11 is 0. The second-order valence-electron chi connectivity index (χ2n) is 8.99. The maximum Gasteiger partial charge on any atom is 0.227 e. The predicted molar refractivity (Wildman–Crippen MR) is 121 cm³/mol. The fourth-order valence-electron chi connectivity index (χ4n) is 4.50. The minimum Gasteiger partial charge on any atom is -0.508 e. The SMILES string of the molecule is CC(C)c1ccc(CC(=O)N2CCc3c(O)ccc(N4CCN(C)CC4)c3C2)cc1. The molecule has 1 N–H and O–H groups in total. The standard InChI is InChI=1S/C25H33N3O2/c1-18(2)20-6-4-19(5-7-20)16-25(30)28-11-10-21-22(17-28)23(8-9-24(21)29)27-14-12-26(3)13-15-27/h4-9,18,29H,10-17H2,1-3H3. The summed E-state index contributed by atoms with van der Waals surface area (Å²) in [6, 6.07) is 12.3. The lowest BCUT2D eigenvalue weighted by Gasteiger charge is -2.38. The van der Waals surface area contributed by atoms with Crippen LogP contribution < -0.4 is 4.90 Å². The van der Waals surface area contributed by atoms with Gasteiger partial charge < -0.3 is 19.8 Å². The van der Waals surface area contributed by atoms with Crippen molar-refractivity contribution in [3.05, 3.63) is 58.7 Å². The Bertz CT molecular complexity index is 899. The van der Waals surface area contributed by atoms with Gasteiger partial charge in [0.25, 0.3) is 0 Å². The molecule has 30 heavy (non-hydrogen) atoms. The summed E-state index contributed by atoms with van der Waals surface area (Å²) in [5.41, 5.74) is 5.66. The second-order valence-corrected chi connectivity index (χ2v) is 8.99. The van der Waals surface area contributed by atoms with E-state index < -0.39 is 0 Å². The van der Waals surface area contributed by atoms with Crippen LogP contribution >= 0.6 is 0 Å². The first-order valence-electron chi connectivity index (χ1n) is 11.1. The lowest BCUT2D eigenvalue weighted by Crippen LogP contribution is -2.45. The first-order chi connectivity index (χ1) is 14.4. The number of carbonyl (C=O) groups excluding carboxylic acids is 1. The fourth-order valence-corrected chi connectivity index (χ4v) is 4.50. The van der Waals surface area contributed by atoms with Crippen LogP contribution in [-0.2, 0) is 24.2 Å². The number of hydrogen-bond acceptors (Lipinski definition) is 4. The third-order valence-electron chi connectivity index (χ3n) is 6.56. The van der Waals surface area contributed by atoms with Crippen molar-refractivity contribution >= 4 is 11.6 Å². The molecule has 0 atom stereocenters. The third-order valence-corrected chi connectivity index (χ3v) is 6.56. The monoisotopic (exact) mass is 407 g/mol. The molecule has 2 heterocycles. The molecule has 2 aliphatic heterocycles. The van der Waals surface area contributed by atoms with E-state index in [0.717, 1.165) is 42.9 Å². The van der Waals surface area contributed by atoms with Crippen molar-refractivity contribution in [2.75, 3.05) is 44.7 Å². The molecule has 1 amide bonds. The van der Waals surface area contributed by atoms with Crippen molar-refractivity contribution < 1.29 is 9.90 Å². The van der Waals surface area contributed by atoms with Crippen molar-refractivity contribution in [3.63, 3.8) is 0 Å². The van der Waals surface area contributed by atoms with Gasteiger partial charge in [-0.25, -0.2) is 0 Å². The van der Waals surface area contributed by atoms with E-state index in [-0.39, 0.29) is 5.91 Å². The first kappa shape index (κ1) is 20.7. The Kier molecular flexibility index (Phi) is 6.00. The Morgan fingerprint density at radius 1 is 0.967 bits per heavy atom. The number of phenolic OH excluding ortho intramolecular Hbond substituents is 1. The van der Waals surface area contributed by atoms with E-state index >= 15 is 0 Å². The van der Waals surface area contributed by atoms with Gasteiger partial charge in [0.05, 0.1) is 6.42 Å². The average Bonchev–Trinajstić information content (AvgIpc) is 2.75. The molecule has 5 heteroatoms. The molecule has 2 aromatic rings. The highest BCUT2D eigenvalue weighted by Crippen LogP contribution is 2.35. The number of fused-ring (bicyclic) bond motifs is 1. The van der Waals surface area contributed by atoms with E-state index in [1.165, 1.54) is 11.3 Å². The highest BCUT2D eigenvalue weighted by atomic mass is 16.3. The molecule has 0 unspecified atom stereocenters. The van der Waals surface area contributed by atoms with Gasteiger partial charge in [-0.2, -0.15) is 0 Å². The number of carbonyl (C=O) groups is 1. The molecular formula is C25H33N3O2. The summed E-state index contributed by atoms with van der Waals surface area (Å²) in [6.07, 6.45) is 1.14. The van der Waals surface area contributed by atoms with Gasteiger partial charge >= 0.3 is 0 Å². The normalized spacial score (nSPS) is 17.3. The van der Waals surface area contributed by atoms with Crippen LogP contribution in [0.5, 0.6) is 5.75 Å². The lowest BCUT2D eigenvalue weighted by molar-refractivity contribution is -0.131. The van der Waals surface area contributed by atoms with E-state index in [1.807, 2.05) is 17.0 Å². The highest BCUT2D eigenvalue weighted by Gasteiger charge is 2.27. The van der Waals surface area contributed by atoms with Crippen LogP contribution in [0.2, 0.25) is 0 Å². The average molecular weight is 408 g/mol. The van der Waals surface area contributed by atoms with E-state index in [1.54, 1.807) is 0 Å². The van der Waals surface area contributed by atoms with Crippen molar-refractivity contribution in [1.82, 2.24) is 9.80 Å². The molecule has 2 aliphatic rings. The first-order valence-corrected chi connectivity index (χ1v) is 11.1. The molecule has 0 spiro atoms.